The Labute approximate surface area is 136 Å². The first-order valence-corrected chi connectivity index (χ1v) is 7.77. The molecule has 0 saturated heterocycles. The fourth-order valence-corrected chi connectivity index (χ4v) is 2.84. The van der Waals surface area contributed by atoms with Gasteiger partial charge in [0, 0.05) is 17.1 Å². The number of benzene rings is 1. The minimum Gasteiger partial charge on any atom is -0.449 e. The molecule has 1 aromatic carbocycles. The van der Waals surface area contributed by atoms with E-state index in [1.807, 2.05) is 43.3 Å². The lowest BCUT2D eigenvalue weighted by Crippen LogP contribution is -2.25. The van der Waals surface area contributed by atoms with E-state index in [1.165, 1.54) is 0 Å². The number of carbonyl (C=O) groups excluding carboxylic acids is 1. The molecule has 0 atom stereocenters. The summed E-state index contributed by atoms with van der Waals surface area (Å²) < 4.78 is 6.28. The molecule has 4 nitrogen and oxygen atoms in total. The zero-order chi connectivity index (χ0) is 15.5. The van der Waals surface area contributed by atoms with Gasteiger partial charge in [-0.2, -0.15) is 0 Å². The Morgan fingerprint density at radius 1 is 1.32 bits per heavy atom. The molecule has 0 radical (unpaired) electrons. The van der Waals surface area contributed by atoms with Crippen LogP contribution in [0.3, 0.4) is 0 Å². The zero-order valence-corrected chi connectivity index (χ0v) is 13.7. The van der Waals surface area contributed by atoms with E-state index in [2.05, 4.69) is 26.2 Å². The standard InChI is InChI=1S/C17H15BrN2O2/c1-11-5-6-13-14(17(18)22-15(13)8-11)9-16(21)20-10-12-4-2-3-7-19-12/h2-8H,9-10H2,1H3,(H,20,21). The van der Waals surface area contributed by atoms with E-state index < -0.39 is 0 Å². The topological polar surface area (TPSA) is 55.1 Å². The van der Waals surface area contributed by atoms with Gasteiger partial charge in [0.2, 0.25) is 5.91 Å². The van der Waals surface area contributed by atoms with Crippen molar-refractivity contribution in [3.8, 4) is 0 Å². The van der Waals surface area contributed by atoms with Crippen molar-refractivity contribution in [3.63, 3.8) is 0 Å². The lowest BCUT2D eigenvalue weighted by Gasteiger charge is -2.04. The number of halogens is 1. The number of aromatic nitrogens is 1. The maximum absolute atomic E-state index is 12.1. The minimum absolute atomic E-state index is 0.0605. The van der Waals surface area contributed by atoms with Crippen molar-refractivity contribution in [2.24, 2.45) is 0 Å². The molecule has 0 unspecified atom stereocenters. The Kier molecular flexibility index (Phi) is 4.24. The first-order chi connectivity index (χ1) is 10.6. The minimum atomic E-state index is -0.0605. The molecule has 2 aromatic heterocycles. The molecule has 22 heavy (non-hydrogen) atoms. The van der Waals surface area contributed by atoms with Gasteiger partial charge < -0.3 is 9.73 Å². The molecule has 2 heterocycles. The first-order valence-electron chi connectivity index (χ1n) is 6.97. The monoisotopic (exact) mass is 358 g/mol. The fraction of sp³-hybridized carbons (Fsp3) is 0.176. The molecular formula is C17H15BrN2O2. The van der Waals surface area contributed by atoms with Gasteiger partial charge in [0.05, 0.1) is 18.7 Å². The number of hydrogen-bond acceptors (Lipinski definition) is 3. The van der Waals surface area contributed by atoms with Gasteiger partial charge >= 0.3 is 0 Å². The summed E-state index contributed by atoms with van der Waals surface area (Å²) in [5.74, 6) is -0.0605. The normalized spacial score (nSPS) is 10.8. The number of pyridine rings is 1. The second-order valence-corrected chi connectivity index (χ2v) is 5.85. The Hall–Kier alpha value is -2.14. The van der Waals surface area contributed by atoms with Crippen molar-refractivity contribution in [3.05, 3.63) is 64.1 Å². The van der Waals surface area contributed by atoms with Gasteiger partial charge in [-0.15, -0.1) is 0 Å². The summed E-state index contributed by atoms with van der Waals surface area (Å²) in [5.41, 5.74) is 3.62. The van der Waals surface area contributed by atoms with Crippen molar-refractivity contribution in [2.45, 2.75) is 19.9 Å². The summed E-state index contributed by atoms with van der Waals surface area (Å²) in [6, 6.07) is 11.6. The molecule has 0 aliphatic heterocycles. The second kappa shape index (κ2) is 6.32. The third-order valence-corrected chi connectivity index (χ3v) is 4.07. The molecule has 5 heteroatoms. The van der Waals surface area contributed by atoms with E-state index in [4.69, 9.17) is 4.42 Å². The molecule has 1 amide bonds. The Balaban J connectivity index is 1.73. The predicted octanol–water partition coefficient (Wildman–Crippen LogP) is 3.76. The zero-order valence-electron chi connectivity index (χ0n) is 12.1. The number of furan rings is 1. The van der Waals surface area contributed by atoms with E-state index >= 15 is 0 Å². The van der Waals surface area contributed by atoms with Crippen LogP contribution in [-0.2, 0) is 17.8 Å². The number of aryl methyl sites for hydroxylation is 1. The van der Waals surface area contributed by atoms with Crippen molar-refractivity contribution < 1.29 is 9.21 Å². The van der Waals surface area contributed by atoms with Crippen LogP contribution in [0.4, 0.5) is 0 Å². The molecule has 0 spiro atoms. The van der Waals surface area contributed by atoms with Crippen molar-refractivity contribution >= 4 is 32.8 Å². The van der Waals surface area contributed by atoms with Crippen molar-refractivity contribution in [1.29, 1.82) is 0 Å². The number of carbonyl (C=O) groups is 1. The first kappa shape index (κ1) is 14.8. The van der Waals surface area contributed by atoms with E-state index in [1.54, 1.807) is 6.20 Å². The predicted molar refractivity (Wildman–Crippen MR) is 88.4 cm³/mol. The number of nitrogens with one attached hydrogen (secondary N) is 1. The number of fused-ring (bicyclic) bond motifs is 1. The Morgan fingerprint density at radius 2 is 2.18 bits per heavy atom. The number of amides is 1. The molecular weight excluding hydrogens is 344 g/mol. The Morgan fingerprint density at radius 3 is 2.95 bits per heavy atom. The van der Waals surface area contributed by atoms with E-state index in [0.29, 0.717) is 11.2 Å². The van der Waals surface area contributed by atoms with Crippen LogP contribution < -0.4 is 5.32 Å². The highest BCUT2D eigenvalue weighted by atomic mass is 79.9. The number of hydrogen-bond donors (Lipinski definition) is 1. The van der Waals surface area contributed by atoms with Gasteiger partial charge in [-0.3, -0.25) is 9.78 Å². The van der Waals surface area contributed by atoms with Gasteiger partial charge in [-0.25, -0.2) is 0 Å². The van der Waals surface area contributed by atoms with Gasteiger partial charge in [-0.05, 0) is 46.6 Å². The number of nitrogens with zero attached hydrogens (tertiary/aromatic N) is 1. The van der Waals surface area contributed by atoms with Crippen LogP contribution in [0.5, 0.6) is 0 Å². The van der Waals surface area contributed by atoms with Gasteiger partial charge in [0.15, 0.2) is 4.67 Å². The molecule has 0 fully saturated rings. The molecule has 0 saturated carbocycles. The lowest BCUT2D eigenvalue weighted by atomic mass is 10.1. The van der Waals surface area contributed by atoms with Crippen LogP contribution in [0, 0.1) is 6.92 Å². The van der Waals surface area contributed by atoms with E-state index in [0.717, 1.165) is 27.8 Å². The van der Waals surface area contributed by atoms with Gasteiger partial charge in [0.25, 0.3) is 0 Å². The second-order valence-electron chi connectivity index (χ2n) is 5.13. The lowest BCUT2D eigenvalue weighted by molar-refractivity contribution is -0.120. The Bertz CT molecular complexity index is 812. The molecule has 3 aromatic rings. The molecule has 3 rings (SSSR count). The van der Waals surface area contributed by atoms with Crippen LogP contribution in [0.1, 0.15) is 16.8 Å². The summed E-state index contributed by atoms with van der Waals surface area (Å²) >= 11 is 3.40. The maximum atomic E-state index is 12.1. The van der Waals surface area contributed by atoms with Crippen LogP contribution in [0.25, 0.3) is 11.0 Å². The van der Waals surface area contributed by atoms with Crippen LogP contribution in [0.15, 0.2) is 51.7 Å². The van der Waals surface area contributed by atoms with E-state index in [9.17, 15) is 4.79 Å². The van der Waals surface area contributed by atoms with Crippen molar-refractivity contribution in [2.75, 3.05) is 0 Å². The third kappa shape index (κ3) is 3.20. The highest BCUT2D eigenvalue weighted by molar-refractivity contribution is 9.10. The average Bonchev–Trinajstić information content (AvgIpc) is 2.81. The molecule has 0 bridgehead atoms. The van der Waals surface area contributed by atoms with Gasteiger partial charge in [-0.1, -0.05) is 18.2 Å². The van der Waals surface area contributed by atoms with Gasteiger partial charge in [0.1, 0.15) is 5.58 Å². The third-order valence-electron chi connectivity index (χ3n) is 3.43. The van der Waals surface area contributed by atoms with Crippen molar-refractivity contribution in [1.82, 2.24) is 10.3 Å². The molecule has 1 N–H and O–H groups in total. The summed E-state index contributed by atoms with van der Waals surface area (Å²) in [7, 11) is 0. The van der Waals surface area contributed by atoms with Crippen LogP contribution >= 0.6 is 15.9 Å². The fourth-order valence-electron chi connectivity index (χ4n) is 2.31. The highest BCUT2D eigenvalue weighted by Gasteiger charge is 2.15. The van der Waals surface area contributed by atoms with Crippen LogP contribution in [-0.4, -0.2) is 10.9 Å². The quantitative estimate of drug-likeness (QED) is 0.772. The summed E-state index contributed by atoms with van der Waals surface area (Å²) in [6.07, 6.45) is 1.98. The van der Waals surface area contributed by atoms with Crippen LogP contribution in [0.2, 0.25) is 0 Å². The molecule has 0 aliphatic rings. The summed E-state index contributed by atoms with van der Waals surface area (Å²) in [4.78, 5) is 16.3. The molecule has 112 valence electrons. The maximum Gasteiger partial charge on any atom is 0.224 e. The molecule has 0 aliphatic carbocycles. The SMILES string of the molecule is Cc1ccc2c(CC(=O)NCc3ccccn3)c(Br)oc2c1. The number of rotatable bonds is 4. The smallest absolute Gasteiger partial charge is 0.224 e. The summed E-state index contributed by atoms with van der Waals surface area (Å²) in [5, 5.41) is 3.84. The largest absolute Gasteiger partial charge is 0.449 e. The van der Waals surface area contributed by atoms with E-state index in [-0.39, 0.29) is 12.3 Å². The highest BCUT2D eigenvalue weighted by Crippen LogP contribution is 2.31. The average molecular weight is 359 g/mol. The summed E-state index contributed by atoms with van der Waals surface area (Å²) in [6.45, 7) is 2.43.